The van der Waals surface area contributed by atoms with Crippen molar-refractivity contribution in [3.05, 3.63) is 47.7 Å². The van der Waals surface area contributed by atoms with Gasteiger partial charge in [0, 0.05) is 35.7 Å². The molecule has 2 rings (SSSR count). The highest BCUT2D eigenvalue weighted by atomic mass is 19.3. The van der Waals surface area contributed by atoms with E-state index in [1.54, 1.807) is 31.2 Å². The van der Waals surface area contributed by atoms with Crippen LogP contribution in [0.25, 0.3) is 5.70 Å². The Morgan fingerprint density at radius 3 is 2.67 bits per heavy atom. The van der Waals surface area contributed by atoms with Crippen LogP contribution in [0, 0.1) is 18.8 Å². The third-order valence-corrected chi connectivity index (χ3v) is 4.37. The number of allylic oxidation sites excluding steroid dienone is 2. The number of hydrogen-bond donors (Lipinski definition) is 3. The molecule has 24 heavy (non-hydrogen) atoms. The maximum atomic E-state index is 13.5. The molecule has 1 amide bonds. The molecule has 1 aromatic carbocycles. The van der Waals surface area contributed by atoms with Gasteiger partial charge in [0.1, 0.15) is 0 Å². The van der Waals surface area contributed by atoms with Crippen LogP contribution >= 0.6 is 0 Å². The Kier molecular flexibility index (Phi) is 5.26. The minimum atomic E-state index is -2.76. The maximum absolute atomic E-state index is 13.5. The number of benzene rings is 1. The van der Waals surface area contributed by atoms with Crippen molar-refractivity contribution in [2.24, 2.45) is 23.3 Å². The van der Waals surface area contributed by atoms with E-state index >= 15 is 0 Å². The topological polar surface area (TPSA) is 81.1 Å². The summed E-state index contributed by atoms with van der Waals surface area (Å²) in [6.07, 6.45) is 4.00. The first-order valence-electron chi connectivity index (χ1n) is 7.87. The van der Waals surface area contributed by atoms with E-state index in [2.05, 4.69) is 5.32 Å². The summed E-state index contributed by atoms with van der Waals surface area (Å²) in [5.41, 5.74) is 14.0. The molecular weight excluding hydrogens is 312 g/mol. The molecule has 130 valence electrons. The Hall–Kier alpha value is -2.37. The van der Waals surface area contributed by atoms with E-state index in [0.29, 0.717) is 11.4 Å². The van der Waals surface area contributed by atoms with E-state index < -0.39 is 18.3 Å². The van der Waals surface area contributed by atoms with Gasteiger partial charge in [-0.3, -0.25) is 4.79 Å². The normalized spacial score (nSPS) is 23.6. The van der Waals surface area contributed by atoms with E-state index in [-0.39, 0.29) is 18.2 Å². The molecule has 1 aromatic rings. The number of nitrogens with two attached hydrogens (primary N) is 2. The molecule has 0 aliphatic heterocycles. The molecular formula is C18H23F2N3O. The van der Waals surface area contributed by atoms with Crippen LogP contribution in [0.3, 0.4) is 0 Å². The van der Waals surface area contributed by atoms with Gasteiger partial charge >= 0.3 is 0 Å². The van der Waals surface area contributed by atoms with Gasteiger partial charge in [-0.25, -0.2) is 8.78 Å². The first kappa shape index (κ1) is 18.0. The van der Waals surface area contributed by atoms with Crippen LogP contribution in [-0.4, -0.2) is 11.8 Å². The summed E-state index contributed by atoms with van der Waals surface area (Å²) in [7, 11) is 0. The smallest absolute Gasteiger partial charge is 0.249 e. The zero-order valence-electron chi connectivity index (χ0n) is 13.9. The van der Waals surface area contributed by atoms with Gasteiger partial charge in [0.25, 0.3) is 0 Å². The van der Waals surface area contributed by atoms with E-state index in [1.165, 1.54) is 6.20 Å². The zero-order valence-corrected chi connectivity index (χ0v) is 13.9. The van der Waals surface area contributed by atoms with E-state index in [1.807, 2.05) is 13.0 Å². The summed E-state index contributed by atoms with van der Waals surface area (Å²) in [6.45, 7) is 3.58. The SMILES string of the molecule is Cc1ccc(NC(=O)C2CC(F)(F)CC2C)cc1/C(N)=C/C=C\N. The predicted octanol–water partition coefficient (Wildman–Crippen LogP) is 3.39. The highest BCUT2D eigenvalue weighted by Gasteiger charge is 2.47. The van der Waals surface area contributed by atoms with E-state index in [0.717, 1.165) is 11.1 Å². The fraction of sp³-hybridized carbons (Fsp3) is 0.389. The first-order chi connectivity index (χ1) is 11.2. The van der Waals surface area contributed by atoms with E-state index in [4.69, 9.17) is 11.5 Å². The molecule has 0 bridgehead atoms. The molecule has 2 unspecified atom stereocenters. The molecule has 5 N–H and O–H groups in total. The highest BCUT2D eigenvalue weighted by molar-refractivity contribution is 5.93. The van der Waals surface area contributed by atoms with Gasteiger partial charge in [0.2, 0.25) is 11.8 Å². The molecule has 6 heteroatoms. The van der Waals surface area contributed by atoms with Gasteiger partial charge in [0.15, 0.2) is 0 Å². The molecule has 1 fully saturated rings. The van der Waals surface area contributed by atoms with Crippen LogP contribution in [0.4, 0.5) is 14.5 Å². The van der Waals surface area contributed by atoms with Crippen molar-refractivity contribution in [2.45, 2.75) is 32.6 Å². The molecule has 0 radical (unpaired) electrons. The Balaban J connectivity index is 2.17. The molecule has 0 saturated heterocycles. The van der Waals surface area contributed by atoms with E-state index in [9.17, 15) is 13.6 Å². The average molecular weight is 335 g/mol. The van der Waals surface area contributed by atoms with Crippen LogP contribution in [0.1, 0.15) is 30.9 Å². The predicted molar refractivity (Wildman–Crippen MR) is 92.1 cm³/mol. The van der Waals surface area contributed by atoms with Gasteiger partial charge in [0.05, 0.1) is 0 Å². The number of alkyl halides is 2. The third kappa shape index (κ3) is 4.13. The number of amides is 1. The van der Waals surface area contributed by atoms with Crippen molar-refractivity contribution in [1.82, 2.24) is 0 Å². The quantitative estimate of drug-likeness (QED) is 0.738. The van der Waals surface area contributed by atoms with Gasteiger partial charge < -0.3 is 16.8 Å². The van der Waals surface area contributed by atoms with Gasteiger partial charge in [-0.15, -0.1) is 0 Å². The second kappa shape index (κ2) is 7.03. The monoisotopic (exact) mass is 335 g/mol. The summed E-state index contributed by atoms with van der Waals surface area (Å²) in [5, 5.41) is 2.73. The standard InChI is InChI=1S/C18H23F2N3O/c1-11-5-6-13(8-14(11)16(22)4-3-7-21)23-17(24)15-10-18(19,20)9-12(15)2/h3-8,12,15H,9-10,21-22H2,1-2H3,(H,23,24)/b7-3-,16-4-. The Morgan fingerprint density at radius 1 is 1.38 bits per heavy atom. The second-order valence-electron chi connectivity index (χ2n) is 6.37. The average Bonchev–Trinajstić information content (AvgIpc) is 2.79. The Morgan fingerprint density at radius 2 is 2.08 bits per heavy atom. The number of hydrogen-bond acceptors (Lipinski definition) is 3. The number of aryl methyl sites for hydroxylation is 1. The molecule has 1 aliphatic rings. The minimum Gasteiger partial charge on any atom is -0.405 e. The highest BCUT2D eigenvalue weighted by Crippen LogP contribution is 2.43. The van der Waals surface area contributed by atoms with Gasteiger partial charge in [-0.1, -0.05) is 13.0 Å². The van der Waals surface area contributed by atoms with Crippen molar-refractivity contribution in [2.75, 3.05) is 5.32 Å². The number of carbonyl (C=O) groups excluding carboxylic acids is 1. The molecule has 1 aliphatic carbocycles. The van der Waals surface area contributed by atoms with Gasteiger partial charge in [-0.2, -0.15) is 0 Å². The summed E-state index contributed by atoms with van der Waals surface area (Å²) >= 11 is 0. The maximum Gasteiger partial charge on any atom is 0.249 e. The fourth-order valence-electron chi connectivity index (χ4n) is 3.07. The lowest BCUT2D eigenvalue weighted by Crippen LogP contribution is -2.25. The summed E-state index contributed by atoms with van der Waals surface area (Å²) in [4.78, 5) is 12.3. The third-order valence-electron chi connectivity index (χ3n) is 4.37. The van der Waals surface area contributed by atoms with Gasteiger partial charge in [-0.05, 0) is 48.9 Å². The summed E-state index contributed by atoms with van der Waals surface area (Å²) in [6, 6.07) is 5.30. The van der Waals surface area contributed by atoms with Crippen molar-refractivity contribution >= 4 is 17.3 Å². The summed E-state index contributed by atoms with van der Waals surface area (Å²) < 4.78 is 26.9. The van der Waals surface area contributed by atoms with Crippen LogP contribution < -0.4 is 16.8 Å². The lowest BCUT2D eigenvalue weighted by atomic mass is 9.97. The molecule has 1 saturated carbocycles. The minimum absolute atomic E-state index is 0.245. The van der Waals surface area contributed by atoms with Crippen molar-refractivity contribution in [3.63, 3.8) is 0 Å². The van der Waals surface area contributed by atoms with Crippen molar-refractivity contribution in [1.29, 1.82) is 0 Å². The number of anilines is 1. The number of halogens is 2. The number of rotatable bonds is 4. The number of nitrogens with one attached hydrogen (secondary N) is 1. The Labute approximate surface area is 140 Å². The fourth-order valence-corrected chi connectivity index (χ4v) is 3.07. The first-order valence-corrected chi connectivity index (χ1v) is 7.87. The van der Waals surface area contributed by atoms with Crippen molar-refractivity contribution < 1.29 is 13.6 Å². The van der Waals surface area contributed by atoms with Crippen molar-refractivity contribution in [3.8, 4) is 0 Å². The molecule has 0 heterocycles. The Bertz CT molecular complexity index is 683. The molecule has 2 atom stereocenters. The lowest BCUT2D eigenvalue weighted by Gasteiger charge is -2.16. The van der Waals surface area contributed by atoms with Crippen LogP contribution in [0.2, 0.25) is 0 Å². The largest absolute Gasteiger partial charge is 0.405 e. The molecule has 0 aromatic heterocycles. The number of carbonyl (C=O) groups is 1. The lowest BCUT2D eigenvalue weighted by molar-refractivity contribution is -0.121. The van der Waals surface area contributed by atoms with Crippen LogP contribution in [0.5, 0.6) is 0 Å². The van der Waals surface area contributed by atoms with Crippen LogP contribution in [0.15, 0.2) is 36.6 Å². The second-order valence-corrected chi connectivity index (χ2v) is 6.37. The van der Waals surface area contributed by atoms with Crippen LogP contribution in [-0.2, 0) is 4.79 Å². The molecule has 0 spiro atoms. The summed E-state index contributed by atoms with van der Waals surface area (Å²) in [5.74, 6) is -4.16. The zero-order chi connectivity index (χ0) is 17.9. The molecule has 4 nitrogen and oxygen atoms in total.